The summed E-state index contributed by atoms with van der Waals surface area (Å²) in [5.74, 6) is -0.0982. The molecule has 1 amide bonds. The molecule has 1 fully saturated rings. The highest BCUT2D eigenvalue weighted by Gasteiger charge is 2.42. The summed E-state index contributed by atoms with van der Waals surface area (Å²) >= 11 is 13.7. The number of hydrogen-bond acceptors (Lipinski definition) is 7. The van der Waals surface area contributed by atoms with Gasteiger partial charge in [-0.05, 0) is 74.9 Å². The molecule has 2 atom stereocenters. The largest absolute Gasteiger partial charge is 0.482 e. The summed E-state index contributed by atoms with van der Waals surface area (Å²) < 4.78 is 11.6. The molecule has 0 saturated carbocycles. The molecule has 1 saturated heterocycles. The lowest BCUT2D eigenvalue weighted by Gasteiger charge is -2.30. The van der Waals surface area contributed by atoms with Crippen molar-refractivity contribution in [2.75, 3.05) is 19.3 Å². The van der Waals surface area contributed by atoms with E-state index in [-0.39, 0.29) is 35.6 Å². The summed E-state index contributed by atoms with van der Waals surface area (Å²) in [6.07, 6.45) is -0.291. The molecule has 0 spiro atoms. The van der Waals surface area contributed by atoms with E-state index in [0.29, 0.717) is 16.3 Å². The molecule has 41 heavy (non-hydrogen) atoms. The van der Waals surface area contributed by atoms with Gasteiger partial charge in [-0.2, -0.15) is 0 Å². The van der Waals surface area contributed by atoms with Crippen LogP contribution < -0.4 is 9.47 Å². The van der Waals surface area contributed by atoms with Gasteiger partial charge in [0.1, 0.15) is 11.5 Å². The monoisotopic (exact) mass is 617 g/mol. The third-order valence-electron chi connectivity index (χ3n) is 7.28. The molecule has 10 heteroatoms. The van der Waals surface area contributed by atoms with Gasteiger partial charge in [0.05, 0.1) is 10.0 Å². The van der Waals surface area contributed by atoms with Crippen LogP contribution in [0.3, 0.4) is 0 Å². The van der Waals surface area contributed by atoms with Gasteiger partial charge in [0.25, 0.3) is 0 Å². The normalized spacial score (nSPS) is 17.2. The Labute approximate surface area is 254 Å². The number of thioether (sulfide) groups is 1. The van der Waals surface area contributed by atoms with Gasteiger partial charge in [0.2, 0.25) is 0 Å². The summed E-state index contributed by atoms with van der Waals surface area (Å²) in [4.78, 5) is 29.7. The van der Waals surface area contributed by atoms with E-state index in [9.17, 15) is 19.8 Å². The molecule has 218 valence electrons. The van der Waals surface area contributed by atoms with E-state index in [1.165, 1.54) is 11.0 Å². The van der Waals surface area contributed by atoms with Crippen molar-refractivity contribution in [3.63, 3.8) is 0 Å². The Kier molecular flexibility index (Phi) is 9.61. The fourth-order valence-corrected chi connectivity index (χ4v) is 5.60. The number of halogens is 2. The van der Waals surface area contributed by atoms with Crippen LogP contribution in [0.2, 0.25) is 10.0 Å². The van der Waals surface area contributed by atoms with Gasteiger partial charge in [-0.25, -0.2) is 4.79 Å². The van der Waals surface area contributed by atoms with Crippen LogP contribution in [0.5, 0.6) is 11.5 Å². The van der Waals surface area contributed by atoms with Crippen molar-refractivity contribution in [2.24, 2.45) is 5.92 Å². The molecule has 0 bridgehead atoms. The highest BCUT2D eigenvalue weighted by Crippen LogP contribution is 2.39. The molecule has 1 aliphatic heterocycles. The summed E-state index contributed by atoms with van der Waals surface area (Å²) in [6.45, 7) is 7.36. The highest BCUT2D eigenvalue weighted by atomic mass is 35.5. The number of likely N-dealkylation sites (tertiary alicyclic amines) is 1. The zero-order valence-electron chi connectivity index (χ0n) is 23.5. The summed E-state index contributed by atoms with van der Waals surface area (Å²) in [5, 5.41) is 20.1. The first-order valence-corrected chi connectivity index (χ1v) is 15.0. The first kappa shape index (κ1) is 31.2. The molecule has 1 aliphatic rings. The number of nitrogens with zero attached hydrogens (tertiary/aromatic N) is 1. The van der Waals surface area contributed by atoms with Crippen molar-refractivity contribution in [1.29, 1.82) is 0 Å². The molecule has 3 aromatic carbocycles. The summed E-state index contributed by atoms with van der Waals surface area (Å²) in [6, 6.07) is 15.9. The van der Waals surface area contributed by atoms with Crippen LogP contribution in [0.25, 0.3) is 0 Å². The van der Waals surface area contributed by atoms with Crippen molar-refractivity contribution in [3.8, 4) is 11.5 Å². The fourth-order valence-electron chi connectivity index (χ4n) is 4.91. The van der Waals surface area contributed by atoms with Crippen LogP contribution in [0, 0.1) is 19.8 Å². The van der Waals surface area contributed by atoms with Gasteiger partial charge in [-0.1, -0.05) is 47.5 Å². The molecule has 7 nitrogen and oxygen atoms in total. The van der Waals surface area contributed by atoms with Crippen LogP contribution >= 0.6 is 35.0 Å². The molecule has 1 unspecified atom stereocenters. The van der Waals surface area contributed by atoms with Crippen molar-refractivity contribution in [2.45, 2.75) is 50.4 Å². The third-order valence-corrected chi connectivity index (χ3v) is 8.77. The van der Waals surface area contributed by atoms with E-state index in [1.54, 1.807) is 37.7 Å². The minimum atomic E-state index is -1.68. The Hall–Kier alpha value is -2.75. The molecular weight excluding hydrogens is 585 g/mol. The topological polar surface area (TPSA) is 96.3 Å². The van der Waals surface area contributed by atoms with E-state index in [2.05, 4.69) is 0 Å². The third kappa shape index (κ3) is 7.01. The van der Waals surface area contributed by atoms with Crippen LogP contribution in [-0.4, -0.2) is 58.2 Å². The number of rotatable bonds is 8. The Balaban J connectivity index is 1.66. The second kappa shape index (κ2) is 12.6. The Bertz CT molecular complexity index is 1420. The maximum Gasteiger partial charge on any atom is 0.415 e. The number of aliphatic hydroxyl groups excluding tert-OH is 1. The van der Waals surface area contributed by atoms with Gasteiger partial charge in [-0.15, -0.1) is 11.8 Å². The lowest BCUT2D eigenvalue weighted by atomic mass is 9.82. The maximum absolute atomic E-state index is 13.8. The molecule has 4 rings (SSSR count). The molecule has 0 aromatic heterocycles. The Morgan fingerprint density at radius 3 is 2.17 bits per heavy atom. The lowest BCUT2D eigenvalue weighted by molar-refractivity contribution is -0.154. The quantitative estimate of drug-likeness (QED) is 0.161. The minimum Gasteiger partial charge on any atom is -0.482 e. The molecule has 2 N–H and O–H groups in total. The molecule has 1 heterocycles. The molecule has 3 aromatic rings. The first-order valence-electron chi connectivity index (χ1n) is 13.1. The SMILES string of the molecule is CSc1ccc(C(=O)[C@H]2CN(C(=O)Oc3ccc(Cl)c(Cl)c3)CC2c2cc(C)c(OC(C)(C)C(O)O)c(C)c2)cc1. The Morgan fingerprint density at radius 1 is 0.976 bits per heavy atom. The summed E-state index contributed by atoms with van der Waals surface area (Å²) in [7, 11) is 0. The van der Waals surface area contributed by atoms with Crippen molar-refractivity contribution in [3.05, 3.63) is 86.9 Å². The van der Waals surface area contributed by atoms with Crippen LogP contribution in [0.4, 0.5) is 4.79 Å². The number of benzene rings is 3. The number of aryl methyl sites for hydroxylation is 2. The van der Waals surface area contributed by atoms with Gasteiger partial charge >= 0.3 is 6.09 Å². The number of ether oxygens (including phenoxy) is 2. The predicted octanol–water partition coefficient (Wildman–Crippen LogP) is 6.90. The predicted molar refractivity (Wildman–Crippen MR) is 162 cm³/mol. The van der Waals surface area contributed by atoms with E-state index >= 15 is 0 Å². The summed E-state index contributed by atoms with van der Waals surface area (Å²) in [5.41, 5.74) is 1.78. The van der Waals surface area contributed by atoms with Gasteiger partial charge in [-0.3, -0.25) is 4.79 Å². The smallest absolute Gasteiger partial charge is 0.415 e. The molecular formula is C31H33Cl2NO6S. The number of hydrogen-bond donors (Lipinski definition) is 2. The fraction of sp³-hybridized carbons (Fsp3) is 0.355. The molecule has 0 radical (unpaired) electrons. The number of carbonyl (C=O) groups is 2. The maximum atomic E-state index is 13.8. The van der Waals surface area contributed by atoms with E-state index in [0.717, 1.165) is 21.6 Å². The van der Waals surface area contributed by atoms with Gasteiger partial charge in [0.15, 0.2) is 17.7 Å². The van der Waals surface area contributed by atoms with Crippen molar-refractivity contribution < 1.29 is 29.3 Å². The van der Waals surface area contributed by atoms with Crippen LogP contribution in [0.15, 0.2) is 59.5 Å². The lowest BCUT2D eigenvalue weighted by Crippen LogP contribution is -2.42. The second-order valence-corrected chi connectivity index (χ2v) is 12.4. The Morgan fingerprint density at radius 2 is 1.61 bits per heavy atom. The van der Waals surface area contributed by atoms with Crippen LogP contribution in [-0.2, 0) is 0 Å². The average Bonchev–Trinajstić information content (AvgIpc) is 3.38. The zero-order chi connectivity index (χ0) is 30.1. The zero-order valence-corrected chi connectivity index (χ0v) is 25.8. The number of ketones is 1. The second-order valence-electron chi connectivity index (χ2n) is 10.7. The minimum absolute atomic E-state index is 0.0624. The van der Waals surface area contributed by atoms with E-state index in [4.69, 9.17) is 32.7 Å². The van der Waals surface area contributed by atoms with E-state index in [1.807, 2.05) is 56.5 Å². The first-order chi connectivity index (χ1) is 19.3. The van der Waals surface area contributed by atoms with Gasteiger partial charge in [0, 0.05) is 41.5 Å². The van der Waals surface area contributed by atoms with Crippen molar-refractivity contribution >= 4 is 46.8 Å². The average molecular weight is 619 g/mol. The number of Topliss-reactive ketones (excluding diaryl/α,β-unsaturated/α-hetero) is 1. The number of amides is 1. The van der Waals surface area contributed by atoms with E-state index < -0.39 is 23.9 Å². The van der Waals surface area contributed by atoms with Crippen LogP contribution in [0.1, 0.15) is 46.8 Å². The molecule has 0 aliphatic carbocycles. The number of aliphatic hydroxyl groups is 2. The van der Waals surface area contributed by atoms with Gasteiger partial charge < -0.3 is 24.6 Å². The standard InChI is InChI=1S/C31H33Cl2NO6S/c1-17-12-20(13-18(2)28(17)40-31(3,4)29(36)37)23-15-34(30(38)39-21-8-11-25(32)26(33)14-21)16-24(23)27(35)19-6-9-22(41-5)10-7-19/h6-14,23-24,29,36-37H,15-16H2,1-5H3/t23?,24-/m0/s1. The highest BCUT2D eigenvalue weighted by molar-refractivity contribution is 7.98. The van der Waals surface area contributed by atoms with Crippen molar-refractivity contribution in [1.82, 2.24) is 4.90 Å². The number of carbonyl (C=O) groups excluding carboxylic acids is 2.